The van der Waals surface area contributed by atoms with Gasteiger partial charge in [-0.15, -0.1) is 11.3 Å². The first-order chi connectivity index (χ1) is 9.65. The molecule has 0 saturated carbocycles. The number of hydrogen-bond donors (Lipinski definition) is 1. The summed E-state index contributed by atoms with van der Waals surface area (Å²) < 4.78 is 13.1. The third kappa shape index (κ3) is 4.69. The lowest BCUT2D eigenvalue weighted by Gasteiger charge is -2.18. The first-order valence-corrected chi connectivity index (χ1v) is 7.92. The number of hydrogen-bond acceptors (Lipinski definition) is 3. The van der Waals surface area contributed by atoms with Crippen LogP contribution in [0.5, 0.6) is 0 Å². The lowest BCUT2D eigenvalue weighted by molar-refractivity contribution is 0.512. The van der Waals surface area contributed by atoms with E-state index >= 15 is 0 Å². The van der Waals surface area contributed by atoms with Crippen molar-refractivity contribution in [3.8, 4) is 0 Å². The van der Waals surface area contributed by atoms with Crippen LogP contribution in [0.3, 0.4) is 0 Å². The highest BCUT2D eigenvalue weighted by Crippen LogP contribution is 2.21. The molecule has 0 aliphatic rings. The molecular weight excluding hydrogens is 271 g/mol. The molecule has 0 amide bonds. The first-order valence-electron chi connectivity index (χ1n) is 6.98. The van der Waals surface area contributed by atoms with Gasteiger partial charge in [-0.2, -0.15) is 0 Å². The van der Waals surface area contributed by atoms with Gasteiger partial charge in [0.25, 0.3) is 0 Å². The lowest BCUT2D eigenvalue weighted by Crippen LogP contribution is -2.26. The standard InChI is InChI=1S/C16H21FN2S/c1-12(2)8-18-9-14(7-16-10-20-11-19-16)13-3-5-15(17)6-4-13/h3-6,10-12,14,18H,7-9H2,1-2H3. The number of benzene rings is 1. The molecule has 0 radical (unpaired) electrons. The molecule has 1 heterocycles. The van der Waals surface area contributed by atoms with Crippen molar-refractivity contribution in [3.63, 3.8) is 0 Å². The van der Waals surface area contributed by atoms with Crippen molar-refractivity contribution in [2.24, 2.45) is 5.92 Å². The summed E-state index contributed by atoms with van der Waals surface area (Å²) in [6.45, 7) is 6.27. The van der Waals surface area contributed by atoms with Gasteiger partial charge in [0.05, 0.1) is 11.2 Å². The Morgan fingerprint density at radius 3 is 2.55 bits per heavy atom. The third-order valence-corrected chi connectivity index (χ3v) is 3.86. The predicted octanol–water partition coefficient (Wildman–Crippen LogP) is 3.85. The van der Waals surface area contributed by atoms with E-state index in [1.54, 1.807) is 11.3 Å². The van der Waals surface area contributed by atoms with Crippen molar-refractivity contribution in [1.82, 2.24) is 10.3 Å². The topological polar surface area (TPSA) is 24.9 Å². The van der Waals surface area contributed by atoms with Crippen molar-refractivity contribution in [1.29, 1.82) is 0 Å². The van der Waals surface area contributed by atoms with Crippen LogP contribution in [0.15, 0.2) is 35.2 Å². The summed E-state index contributed by atoms with van der Waals surface area (Å²) in [5.41, 5.74) is 4.13. The van der Waals surface area contributed by atoms with Gasteiger partial charge >= 0.3 is 0 Å². The zero-order valence-corrected chi connectivity index (χ0v) is 12.8. The number of nitrogens with one attached hydrogen (secondary N) is 1. The number of rotatable bonds is 7. The minimum atomic E-state index is -0.184. The zero-order valence-electron chi connectivity index (χ0n) is 12.0. The van der Waals surface area contributed by atoms with E-state index < -0.39 is 0 Å². The molecule has 0 aliphatic carbocycles. The van der Waals surface area contributed by atoms with Gasteiger partial charge in [-0.1, -0.05) is 26.0 Å². The second-order valence-electron chi connectivity index (χ2n) is 5.48. The van der Waals surface area contributed by atoms with E-state index in [1.807, 2.05) is 17.6 Å². The van der Waals surface area contributed by atoms with Gasteiger partial charge in [0.15, 0.2) is 0 Å². The second-order valence-corrected chi connectivity index (χ2v) is 6.20. The molecule has 20 heavy (non-hydrogen) atoms. The Bertz CT molecular complexity index is 494. The normalized spacial score (nSPS) is 12.8. The maximum Gasteiger partial charge on any atom is 0.123 e. The van der Waals surface area contributed by atoms with Crippen LogP contribution in [0.25, 0.3) is 0 Å². The van der Waals surface area contributed by atoms with Crippen LogP contribution in [-0.4, -0.2) is 18.1 Å². The summed E-state index contributed by atoms with van der Waals surface area (Å²) in [4.78, 5) is 4.36. The number of halogens is 1. The predicted molar refractivity (Wildman–Crippen MR) is 82.7 cm³/mol. The quantitative estimate of drug-likeness (QED) is 0.838. The number of aromatic nitrogens is 1. The fourth-order valence-electron chi connectivity index (χ4n) is 2.18. The van der Waals surface area contributed by atoms with Gasteiger partial charge in [0, 0.05) is 17.8 Å². The maximum absolute atomic E-state index is 13.1. The molecule has 1 N–H and O–H groups in total. The summed E-state index contributed by atoms with van der Waals surface area (Å²) in [6, 6.07) is 6.82. The highest BCUT2D eigenvalue weighted by molar-refractivity contribution is 7.07. The molecule has 1 aromatic carbocycles. The Labute approximate surface area is 124 Å². The fourth-order valence-corrected chi connectivity index (χ4v) is 2.75. The molecule has 2 rings (SSSR count). The Balaban J connectivity index is 2.04. The van der Waals surface area contributed by atoms with Gasteiger partial charge in [-0.3, -0.25) is 0 Å². The average molecular weight is 292 g/mol. The zero-order chi connectivity index (χ0) is 14.4. The third-order valence-electron chi connectivity index (χ3n) is 3.22. The van der Waals surface area contributed by atoms with E-state index in [2.05, 4.69) is 29.5 Å². The van der Waals surface area contributed by atoms with Gasteiger partial charge in [0.2, 0.25) is 0 Å². The van der Waals surface area contributed by atoms with Crippen LogP contribution in [0, 0.1) is 11.7 Å². The Kier molecular flexibility index (Phi) is 5.68. The fraction of sp³-hybridized carbons (Fsp3) is 0.438. The monoisotopic (exact) mass is 292 g/mol. The van der Waals surface area contributed by atoms with Crippen LogP contribution in [0.2, 0.25) is 0 Å². The lowest BCUT2D eigenvalue weighted by atomic mass is 9.94. The molecular formula is C16H21FN2S. The largest absolute Gasteiger partial charge is 0.316 e. The number of thiazole rings is 1. The van der Waals surface area contributed by atoms with Crippen molar-refractivity contribution >= 4 is 11.3 Å². The van der Waals surface area contributed by atoms with Gasteiger partial charge < -0.3 is 5.32 Å². The van der Waals surface area contributed by atoms with E-state index in [0.717, 1.165) is 30.8 Å². The summed E-state index contributed by atoms with van der Waals surface area (Å²) >= 11 is 1.62. The van der Waals surface area contributed by atoms with Crippen molar-refractivity contribution in [3.05, 3.63) is 52.2 Å². The Morgan fingerprint density at radius 2 is 1.95 bits per heavy atom. The molecule has 108 valence electrons. The van der Waals surface area contributed by atoms with Crippen molar-refractivity contribution in [2.75, 3.05) is 13.1 Å². The van der Waals surface area contributed by atoms with Crippen LogP contribution < -0.4 is 5.32 Å². The second kappa shape index (κ2) is 7.50. The molecule has 0 spiro atoms. The molecule has 2 aromatic rings. The van der Waals surface area contributed by atoms with Gasteiger partial charge in [-0.25, -0.2) is 9.37 Å². The highest BCUT2D eigenvalue weighted by Gasteiger charge is 2.13. The molecule has 0 saturated heterocycles. The summed E-state index contributed by atoms with van der Waals surface area (Å²) in [5.74, 6) is 0.774. The van der Waals surface area contributed by atoms with E-state index in [9.17, 15) is 4.39 Å². The average Bonchev–Trinajstić information content (AvgIpc) is 2.91. The summed E-state index contributed by atoms with van der Waals surface area (Å²) in [5, 5.41) is 5.57. The van der Waals surface area contributed by atoms with Gasteiger partial charge in [0.1, 0.15) is 5.82 Å². The van der Waals surface area contributed by atoms with E-state index in [-0.39, 0.29) is 5.82 Å². The van der Waals surface area contributed by atoms with Crippen LogP contribution in [0.1, 0.15) is 31.0 Å². The van der Waals surface area contributed by atoms with E-state index in [0.29, 0.717) is 11.8 Å². The SMILES string of the molecule is CC(C)CNCC(Cc1cscn1)c1ccc(F)cc1. The first kappa shape index (κ1) is 15.1. The van der Waals surface area contributed by atoms with E-state index in [1.165, 1.54) is 12.1 Å². The molecule has 2 nitrogen and oxygen atoms in total. The summed E-state index contributed by atoms with van der Waals surface area (Å²) in [7, 11) is 0. The van der Waals surface area contributed by atoms with Crippen LogP contribution in [0.4, 0.5) is 4.39 Å². The van der Waals surface area contributed by atoms with Crippen LogP contribution >= 0.6 is 11.3 Å². The molecule has 0 fully saturated rings. The molecule has 1 atom stereocenters. The Morgan fingerprint density at radius 1 is 1.20 bits per heavy atom. The number of nitrogens with zero attached hydrogens (tertiary/aromatic N) is 1. The molecule has 1 aromatic heterocycles. The molecule has 1 unspecified atom stereocenters. The smallest absolute Gasteiger partial charge is 0.123 e. The van der Waals surface area contributed by atoms with E-state index in [4.69, 9.17) is 0 Å². The van der Waals surface area contributed by atoms with Crippen LogP contribution in [-0.2, 0) is 6.42 Å². The maximum atomic E-state index is 13.1. The molecule has 4 heteroatoms. The summed E-state index contributed by atoms with van der Waals surface area (Å²) in [6.07, 6.45) is 0.889. The molecule has 0 aliphatic heterocycles. The highest BCUT2D eigenvalue weighted by atomic mass is 32.1. The molecule has 0 bridgehead atoms. The van der Waals surface area contributed by atoms with Crippen molar-refractivity contribution in [2.45, 2.75) is 26.2 Å². The van der Waals surface area contributed by atoms with Gasteiger partial charge in [-0.05, 0) is 36.6 Å². The minimum Gasteiger partial charge on any atom is -0.316 e. The Hall–Kier alpha value is -1.26. The van der Waals surface area contributed by atoms with Crippen molar-refractivity contribution < 1.29 is 4.39 Å². The minimum absolute atomic E-state index is 0.184.